The van der Waals surface area contributed by atoms with Crippen LogP contribution in [-0.2, 0) is 13.5 Å². The topological polar surface area (TPSA) is 56.1 Å². The minimum atomic E-state index is -0.0389. The minimum absolute atomic E-state index is 0.0389. The molecule has 0 atom stereocenters. The SMILES string of the molecule is COc1ccc(C(=O)NCCCCCc2nc3ccccc3n2C)cc1. The molecule has 5 nitrogen and oxygen atoms in total. The van der Waals surface area contributed by atoms with E-state index in [0.717, 1.165) is 42.8 Å². The molecule has 1 amide bonds. The Hall–Kier alpha value is -2.82. The summed E-state index contributed by atoms with van der Waals surface area (Å²) in [5, 5.41) is 2.97. The maximum Gasteiger partial charge on any atom is 0.251 e. The molecule has 1 aromatic heterocycles. The maximum atomic E-state index is 12.1. The molecule has 26 heavy (non-hydrogen) atoms. The van der Waals surface area contributed by atoms with Crippen molar-refractivity contribution in [2.75, 3.05) is 13.7 Å². The van der Waals surface area contributed by atoms with E-state index in [-0.39, 0.29) is 5.91 Å². The third kappa shape index (κ3) is 4.23. The molecule has 5 heteroatoms. The molecular formula is C21H25N3O2. The highest BCUT2D eigenvalue weighted by Crippen LogP contribution is 2.16. The number of ether oxygens (including phenoxy) is 1. The number of carbonyl (C=O) groups is 1. The van der Waals surface area contributed by atoms with Crippen molar-refractivity contribution in [2.45, 2.75) is 25.7 Å². The van der Waals surface area contributed by atoms with Gasteiger partial charge in [-0.25, -0.2) is 4.98 Å². The average Bonchev–Trinajstić information content (AvgIpc) is 3.00. The zero-order chi connectivity index (χ0) is 18.4. The second-order valence-electron chi connectivity index (χ2n) is 6.37. The Bertz CT molecular complexity index is 869. The highest BCUT2D eigenvalue weighted by molar-refractivity contribution is 5.94. The monoisotopic (exact) mass is 351 g/mol. The first-order valence-corrected chi connectivity index (χ1v) is 9.01. The Morgan fingerprint density at radius 1 is 1.08 bits per heavy atom. The molecule has 136 valence electrons. The molecule has 1 N–H and O–H groups in total. The summed E-state index contributed by atoms with van der Waals surface area (Å²) in [5.41, 5.74) is 2.89. The van der Waals surface area contributed by atoms with Gasteiger partial charge in [-0.2, -0.15) is 0 Å². The second-order valence-corrected chi connectivity index (χ2v) is 6.37. The normalized spacial score (nSPS) is 10.8. The zero-order valence-corrected chi connectivity index (χ0v) is 15.4. The summed E-state index contributed by atoms with van der Waals surface area (Å²) >= 11 is 0. The maximum absolute atomic E-state index is 12.1. The molecule has 3 rings (SSSR count). The van der Waals surface area contributed by atoms with Gasteiger partial charge in [0, 0.05) is 25.6 Å². The van der Waals surface area contributed by atoms with Crippen LogP contribution in [0.25, 0.3) is 11.0 Å². The van der Waals surface area contributed by atoms with E-state index in [1.54, 1.807) is 31.4 Å². The van der Waals surface area contributed by atoms with Crippen molar-refractivity contribution in [3.63, 3.8) is 0 Å². The van der Waals surface area contributed by atoms with E-state index in [4.69, 9.17) is 9.72 Å². The largest absolute Gasteiger partial charge is 0.497 e. The molecule has 0 aliphatic heterocycles. The Labute approximate surface area is 154 Å². The number of methoxy groups -OCH3 is 1. The molecule has 0 aliphatic carbocycles. The number of carbonyl (C=O) groups excluding carboxylic acids is 1. The van der Waals surface area contributed by atoms with E-state index in [1.165, 1.54) is 5.52 Å². The Kier molecular flexibility index (Phi) is 5.89. The van der Waals surface area contributed by atoms with Gasteiger partial charge in [-0.3, -0.25) is 4.79 Å². The molecule has 0 aliphatic rings. The summed E-state index contributed by atoms with van der Waals surface area (Å²) in [7, 11) is 3.68. The van der Waals surface area contributed by atoms with Crippen LogP contribution in [0.2, 0.25) is 0 Å². The van der Waals surface area contributed by atoms with Gasteiger partial charge in [0.25, 0.3) is 5.91 Å². The molecule has 0 saturated carbocycles. The van der Waals surface area contributed by atoms with Gasteiger partial charge in [0.05, 0.1) is 18.1 Å². The number of nitrogens with zero attached hydrogens (tertiary/aromatic N) is 2. The third-order valence-electron chi connectivity index (χ3n) is 4.59. The van der Waals surface area contributed by atoms with E-state index in [2.05, 4.69) is 23.0 Å². The number of benzene rings is 2. The summed E-state index contributed by atoms with van der Waals surface area (Å²) in [4.78, 5) is 16.8. The lowest BCUT2D eigenvalue weighted by atomic mass is 10.1. The van der Waals surface area contributed by atoms with Crippen LogP contribution in [0, 0.1) is 0 Å². The summed E-state index contributed by atoms with van der Waals surface area (Å²) in [6.07, 6.45) is 4.05. The highest BCUT2D eigenvalue weighted by atomic mass is 16.5. The molecule has 1 heterocycles. The van der Waals surface area contributed by atoms with Crippen LogP contribution in [0.4, 0.5) is 0 Å². The summed E-state index contributed by atoms with van der Waals surface area (Å²) in [6.45, 7) is 0.688. The number of fused-ring (bicyclic) bond motifs is 1. The zero-order valence-electron chi connectivity index (χ0n) is 15.4. The van der Waals surface area contributed by atoms with Crippen LogP contribution in [0.3, 0.4) is 0 Å². The minimum Gasteiger partial charge on any atom is -0.497 e. The molecular weight excluding hydrogens is 326 g/mol. The number of unbranched alkanes of at least 4 members (excludes halogenated alkanes) is 2. The number of hydrogen-bond acceptors (Lipinski definition) is 3. The molecule has 0 radical (unpaired) electrons. The predicted molar refractivity (Wildman–Crippen MR) is 104 cm³/mol. The van der Waals surface area contributed by atoms with Crippen LogP contribution >= 0.6 is 0 Å². The van der Waals surface area contributed by atoms with E-state index >= 15 is 0 Å². The fourth-order valence-corrected chi connectivity index (χ4v) is 3.05. The molecule has 3 aromatic rings. The van der Waals surface area contributed by atoms with Gasteiger partial charge in [0.1, 0.15) is 11.6 Å². The predicted octanol–water partition coefficient (Wildman–Crippen LogP) is 3.72. The molecule has 0 saturated heterocycles. The van der Waals surface area contributed by atoms with Crippen molar-refractivity contribution in [2.24, 2.45) is 7.05 Å². The van der Waals surface area contributed by atoms with E-state index in [1.807, 2.05) is 18.2 Å². The molecule has 0 spiro atoms. The first-order valence-electron chi connectivity index (χ1n) is 9.01. The van der Waals surface area contributed by atoms with Crippen LogP contribution in [-0.4, -0.2) is 29.1 Å². The standard InChI is InChI=1S/C21H25N3O2/c1-24-19-9-6-5-8-18(19)23-20(24)10-4-3-7-15-22-21(25)16-11-13-17(26-2)14-12-16/h5-6,8-9,11-14H,3-4,7,10,15H2,1-2H3,(H,22,25). The second kappa shape index (κ2) is 8.52. The fourth-order valence-electron chi connectivity index (χ4n) is 3.05. The third-order valence-corrected chi connectivity index (χ3v) is 4.59. The first-order chi connectivity index (χ1) is 12.7. The van der Waals surface area contributed by atoms with Gasteiger partial charge in [-0.05, 0) is 49.2 Å². The van der Waals surface area contributed by atoms with Gasteiger partial charge in [0.2, 0.25) is 0 Å². The number of aryl methyl sites for hydroxylation is 2. The smallest absolute Gasteiger partial charge is 0.251 e. The molecule has 0 bridgehead atoms. The lowest BCUT2D eigenvalue weighted by Crippen LogP contribution is -2.24. The number of hydrogen-bond donors (Lipinski definition) is 1. The number of imidazole rings is 1. The summed E-state index contributed by atoms with van der Waals surface area (Å²) in [6, 6.07) is 15.4. The van der Waals surface area contributed by atoms with Gasteiger partial charge in [0.15, 0.2) is 0 Å². The van der Waals surface area contributed by atoms with E-state index in [9.17, 15) is 4.79 Å². The quantitative estimate of drug-likeness (QED) is 0.629. The average molecular weight is 351 g/mol. The lowest BCUT2D eigenvalue weighted by molar-refractivity contribution is 0.0953. The van der Waals surface area contributed by atoms with Crippen molar-refractivity contribution in [3.8, 4) is 5.75 Å². The number of nitrogens with one attached hydrogen (secondary N) is 1. The molecule has 2 aromatic carbocycles. The van der Waals surface area contributed by atoms with Gasteiger partial charge in [-0.15, -0.1) is 0 Å². The fraction of sp³-hybridized carbons (Fsp3) is 0.333. The van der Waals surface area contributed by atoms with Crippen LogP contribution < -0.4 is 10.1 Å². The van der Waals surface area contributed by atoms with Crippen LogP contribution in [0.5, 0.6) is 5.75 Å². The number of aromatic nitrogens is 2. The van der Waals surface area contributed by atoms with Crippen molar-refractivity contribution in [1.29, 1.82) is 0 Å². The lowest BCUT2D eigenvalue weighted by Gasteiger charge is -2.06. The molecule has 0 unspecified atom stereocenters. The van der Waals surface area contributed by atoms with Crippen molar-refractivity contribution >= 4 is 16.9 Å². The van der Waals surface area contributed by atoms with Gasteiger partial charge in [-0.1, -0.05) is 18.6 Å². The molecule has 0 fully saturated rings. The van der Waals surface area contributed by atoms with E-state index in [0.29, 0.717) is 12.1 Å². The Morgan fingerprint density at radius 3 is 2.58 bits per heavy atom. The van der Waals surface area contributed by atoms with Gasteiger partial charge < -0.3 is 14.6 Å². The summed E-state index contributed by atoms with van der Waals surface area (Å²) < 4.78 is 7.27. The van der Waals surface area contributed by atoms with Crippen molar-refractivity contribution < 1.29 is 9.53 Å². The number of amides is 1. The highest BCUT2D eigenvalue weighted by Gasteiger charge is 2.07. The Balaban J connectivity index is 1.38. The summed E-state index contributed by atoms with van der Waals surface area (Å²) in [5.74, 6) is 1.83. The van der Waals surface area contributed by atoms with Crippen LogP contribution in [0.15, 0.2) is 48.5 Å². The Morgan fingerprint density at radius 2 is 1.85 bits per heavy atom. The van der Waals surface area contributed by atoms with Crippen molar-refractivity contribution in [3.05, 3.63) is 59.9 Å². The van der Waals surface area contributed by atoms with Crippen molar-refractivity contribution in [1.82, 2.24) is 14.9 Å². The number of rotatable bonds is 8. The number of para-hydroxylation sites is 2. The van der Waals surface area contributed by atoms with Crippen LogP contribution in [0.1, 0.15) is 35.4 Å². The van der Waals surface area contributed by atoms with Gasteiger partial charge >= 0.3 is 0 Å². The first kappa shape index (κ1) is 18.0. The van der Waals surface area contributed by atoms with E-state index < -0.39 is 0 Å².